The van der Waals surface area contributed by atoms with Crippen LogP contribution < -0.4 is 10.6 Å². The number of halogens is 1. The molecule has 0 aliphatic carbocycles. The molecule has 1 aromatic rings. The number of carbonyl (C=O) groups is 3. The molecule has 1 atom stereocenters. The van der Waals surface area contributed by atoms with E-state index in [9.17, 15) is 24.5 Å². The highest BCUT2D eigenvalue weighted by atomic mass is 35.5. The number of hydrogen-bond acceptors (Lipinski definition) is 6. The van der Waals surface area contributed by atoms with Crippen molar-refractivity contribution in [3.63, 3.8) is 0 Å². The van der Waals surface area contributed by atoms with Crippen molar-refractivity contribution in [3.8, 4) is 0 Å². The lowest BCUT2D eigenvalue weighted by atomic mass is 10.0. The summed E-state index contributed by atoms with van der Waals surface area (Å²) in [7, 11) is 0. The average Bonchev–Trinajstić information content (AvgIpc) is 2.56. The fourth-order valence-corrected chi connectivity index (χ4v) is 2.29. The molecule has 0 bridgehead atoms. The molecule has 0 aromatic heterocycles. The minimum absolute atomic E-state index is 0.0258. The zero-order chi connectivity index (χ0) is 20.7. The molecule has 2 amide bonds. The van der Waals surface area contributed by atoms with Crippen molar-refractivity contribution >= 4 is 35.1 Å². The van der Waals surface area contributed by atoms with Gasteiger partial charge in [-0.2, -0.15) is 0 Å². The number of nitro benzene ring substituents is 1. The summed E-state index contributed by atoms with van der Waals surface area (Å²) in [4.78, 5) is 46.4. The maximum absolute atomic E-state index is 12.4. The van der Waals surface area contributed by atoms with Gasteiger partial charge in [0.15, 0.2) is 6.61 Å². The normalized spacial score (nSPS) is 11.8. The van der Waals surface area contributed by atoms with Gasteiger partial charge in [-0.05, 0) is 31.9 Å². The van der Waals surface area contributed by atoms with Gasteiger partial charge in [0.05, 0.1) is 4.92 Å². The maximum atomic E-state index is 12.4. The molecule has 0 heterocycles. The standard InChI is InChI=1S/C17H22ClN3O6/c1-9(2)15(17(24)27-8-14(22)19-10(3)4)20-16(23)11-5-6-12(18)13(7-11)21(25)26/h5-7,9-10,15H,8H2,1-4H3,(H,19,22)(H,20,23)/t15-/m0/s1. The van der Waals surface area contributed by atoms with Crippen LogP contribution in [0.3, 0.4) is 0 Å². The molecule has 1 aromatic carbocycles. The van der Waals surface area contributed by atoms with Gasteiger partial charge in [0.2, 0.25) is 0 Å². The highest BCUT2D eigenvalue weighted by Gasteiger charge is 2.27. The fraction of sp³-hybridized carbons (Fsp3) is 0.471. The summed E-state index contributed by atoms with van der Waals surface area (Å²) >= 11 is 5.72. The Morgan fingerprint density at radius 2 is 1.81 bits per heavy atom. The Hall–Kier alpha value is -2.68. The SMILES string of the molecule is CC(C)NC(=O)COC(=O)[C@@H](NC(=O)c1ccc(Cl)c([N+](=O)[O-])c1)C(C)C. The summed E-state index contributed by atoms with van der Waals surface area (Å²) in [5.41, 5.74) is -0.444. The van der Waals surface area contributed by atoms with E-state index in [1.807, 2.05) is 0 Å². The largest absolute Gasteiger partial charge is 0.454 e. The average molecular weight is 400 g/mol. The van der Waals surface area contributed by atoms with Crippen molar-refractivity contribution in [1.29, 1.82) is 0 Å². The van der Waals surface area contributed by atoms with Crippen molar-refractivity contribution in [1.82, 2.24) is 10.6 Å². The van der Waals surface area contributed by atoms with Crippen LogP contribution in [0.5, 0.6) is 0 Å². The van der Waals surface area contributed by atoms with E-state index in [1.54, 1.807) is 27.7 Å². The van der Waals surface area contributed by atoms with E-state index >= 15 is 0 Å². The lowest BCUT2D eigenvalue weighted by molar-refractivity contribution is -0.384. The van der Waals surface area contributed by atoms with Crippen LogP contribution in [0.2, 0.25) is 5.02 Å². The molecule has 0 radical (unpaired) electrons. The number of hydrogen-bond donors (Lipinski definition) is 2. The molecule has 9 nitrogen and oxygen atoms in total. The molecule has 0 saturated carbocycles. The second-order valence-electron chi connectivity index (χ2n) is 6.45. The smallest absolute Gasteiger partial charge is 0.329 e. The summed E-state index contributed by atoms with van der Waals surface area (Å²) < 4.78 is 4.95. The summed E-state index contributed by atoms with van der Waals surface area (Å²) in [5, 5.41) is 15.9. The topological polar surface area (TPSA) is 128 Å². The first-order valence-electron chi connectivity index (χ1n) is 8.23. The lowest BCUT2D eigenvalue weighted by Gasteiger charge is -2.21. The van der Waals surface area contributed by atoms with Gasteiger partial charge in [0.25, 0.3) is 17.5 Å². The second-order valence-corrected chi connectivity index (χ2v) is 6.86. The molecule has 0 fully saturated rings. The monoisotopic (exact) mass is 399 g/mol. The molecule has 2 N–H and O–H groups in total. The molecule has 0 unspecified atom stereocenters. The molecule has 148 valence electrons. The number of nitrogens with one attached hydrogen (secondary N) is 2. The summed E-state index contributed by atoms with van der Waals surface area (Å²) in [6.07, 6.45) is 0. The highest BCUT2D eigenvalue weighted by Crippen LogP contribution is 2.25. The predicted octanol–water partition coefficient (Wildman–Crippen LogP) is 2.07. The van der Waals surface area contributed by atoms with Gasteiger partial charge >= 0.3 is 5.97 Å². The minimum Gasteiger partial charge on any atom is -0.454 e. The Kier molecular flexibility index (Phi) is 8.17. The molecule has 27 heavy (non-hydrogen) atoms. The zero-order valence-electron chi connectivity index (χ0n) is 15.4. The fourth-order valence-electron chi connectivity index (χ4n) is 2.11. The Labute approximate surface area is 161 Å². The van der Waals surface area contributed by atoms with Gasteiger partial charge in [-0.25, -0.2) is 4.79 Å². The van der Waals surface area contributed by atoms with Gasteiger partial charge in [0.1, 0.15) is 11.1 Å². The molecular weight excluding hydrogens is 378 g/mol. The number of benzene rings is 1. The Morgan fingerprint density at radius 1 is 1.19 bits per heavy atom. The third-order valence-electron chi connectivity index (χ3n) is 3.41. The first-order valence-corrected chi connectivity index (χ1v) is 8.61. The van der Waals surface area contributed by atoms with Gasteiger partial charge < -0.3 is 15.4 Å². The predicted molar refractivity (Wildman–Crippen MR) is 98.4 cm³/mol. The van der Waals surface area contributed by atoms with E-state index in [0.717, 1.165) is 6.07 Å². The van der Waals surface area contributed by atoms with E-state index in [1.165, 1.54) is 12.1 Å². The first kappa shape index (κ1) is 22.4. The number of rotatable bonds is 8. The number of amides is 2. The third-order valence-corrected chi connectivity index (χ3v) is 3.73. The number of ether oxygens (including phenoxy) is 1. The van der Waals surface area contributed by atoms with Crippen LogP contribution in [-0.2, 0) is 14.3 Å². The first-order chi connectivity index (χ1) is 12.5. The minimum atomic E-state index is -1.03. The van der Waals surface area contributed by atoms with Gasteiger partial charge in [-0.15, -0.1) is 0 Å². The van der Waals surface area contributed by atoms with E-state index in [2.05, 4.69) is 10.6 Å². The molecule has 0 aliphatic rings. The van der Waals surface area contributed by atoms with Crippen molar-refractivity contribution < 1.29 is 24.0 Å². The van der Waals surface area contributed by atoms with Crippen LogP contribution in [0.1, 0.15) is 38.1 Å². The summed E-state index contributed by atoms with van der Waals surface area (Å²) in [6, 6.07) is 2.43. The molecule has 0 spiro atoms. The Bertz CT molecular complexity index is 735. The van der Waals surface area contributed by atoms with Crippen molar-refractivity contribution in [2.24, 2.45) is 5.92 Å². The van der Waals surface area contributed by atoms with Crippen LogP contribution in [0, 0.1) is 16.0 Å². The van der Waals surface area contributed by atoms with E-state index in [4.69, 9.17) is 16.3 Å². The van der Waals surface area contributed by atoms with Crippen molar-refractivity contribution in [3.05, 3.63) is 38.9 Å². The van der Waals surface area contributed by atoms with Crippen LogP contribution >= 0.6 is 11.6 Å². The van der Waals surface area contributed by atoms with Crippen LogP contribution in [0.25, 0.3) is 0 Å². The van der Waals surface area contributed by atoms with Crippen molar-refractivity contribution in [2.75, 3.05) is 6.61 Å². The number of carbonyl (C=O) groups excluding carboxylic acids is 3. The van der Waals surface area contributed by atoms with Gasteiger partial charge in [0, 0.05) is 17.7 Å². The second kappa shape index (κ2) is 9.86. The maximum Gasteiger partial charge on any atom is 0.329 e. The molecular formula is C17H22ClN3O6. The molecule has 1 rings (SSSR count). The highest BCUT2D eigenvalue weighted by molar-refractivity contribution is 6.32. The zero-order valence-corrected chi connectivity index (χ0v) is 16.2. The van der Waals surface area contributed by atoms with Gasteiger partial charge in [-0.3, -0.25) is 19.7 Å². The van der Waals surface area contributed by atoms with E-state index < -0.39 is 41.0 Å². The summed E-state index contributed by atoms with van der Waals surface area (Å²) in [6.45, 7) is 6.43. The van der Waals surface area contributed by atoms with Crippen LogP contribution in [0.4, 0.5) is 5.69 Å². The molecule has 10 heteroatoms. The number of nitrogens with zero attached hydrogens (tertiary/aromatic N) is 1. The van der Waals surface area contributed by atoms with Crippen LogP contribution in [-0.4, -0.2) is 41.4 Å². The van der Waals surface area contributed by atoms with Crippen molar-refractivity contribution in [2.45, 2.75) is 39.8 Å². The Balaban J connectivity index is 2.83. The quantitative estimate of drug-likeness (QED) is 0.391. The lowest BCUT2D eigenvalue weighted by Crippen LogP contribution is -2.46. The summed E-state index contributed by atoms with van der Waals surface area (Å²) in [5.74, 6) is -2.27. The van der Waals surface area contributed by atoms with Crippen LogP contribution in [0.15, 0.2) is 18.2 Å². The number of esters is 1. The molecule has 0 saturated heterocycles. The number of nitro groups is 1. The van der Waals surface area contributed by atoms with E-state index in [-0.39, 0.29) is 22.5 Å². The van der Waals surface area contributed by atoms with E-state index in [0.29, 0.717) is 0 Å². The van der Waals surface area contributed by atoms with Gasteiger partial charge in [-0.1, -0.05) is 25.4 Å². The molecule has 0 aliphatic heterocycles. The third kappa shape index (κ3) is 6.86. The Morgan fingerprint density at radius 3 is 2.33 bits per heavy atom.